The zero-order valence-corrected chi connectivity index (χ0v) is 21.2. The molecular weight excluding hydrogens is 424 g/mol. The predicted octanol–water partition coefficient (Wildman–Crippen LogP) is 4.85. The SMILES string of the molecule is CC(=Cc1csc(C)n1)C1(C)OC(=O)CCCC(=O)CCCNCCC2OC2(C)C1(C)C. The summed E-state index contributed by atoms with van der Waals surface area (Å²) < 4.78 is 12.5. The molecule has 2 fully saturated rings. The summed E-state index contributed by atoms with van der Waals surface area (Å²) in [6, 6.07) is 0. The number of ether oxygens (including phenoxy) is 2. The van der Waals surface area contributed by atoms with Gasteiger partial charge in [-0.25, -0.2) is 4.98 Å². The molecular formula is C25H38N2O4S. The van der Waals surface area contributed by atoms with E-state index in [-0.39, 0.29) is 24.3 Å². The second kappa shape index (κ2) is 9.74. The fraction of sp³-hybridized carbons (Fsp3) is 0.720. The zero-order chi connectivity index (χ0) is 23.6. The van der Waals surface area contributed by atoms with E-state index < -0.39 is 16.6 Å². The van der Waals surface area contributed by atoms with Crippen LogP contribution in [0.25, 0.3) is 6.08 Å². The average Bonchev–Trinajstić information content (AvgIpc) is 3.22. The Morgan fingerprint density at radius 2 is 1.88 bits per heavy atom. The molecule has 3 rings (SSSR count). The minimum absolute atomic E-state index is 0.0897. The molecule has 2 aliphatic rings. The number of rotatable bonds is 2. The topological polar surface area (TPSA) is 80.8 Å². The van der Waals surface area contributed by atoms with E-state index in [1.54, 1.807) is 11.3 Å². The van der Waals surface area contributed by atoms with E-state index in [0.29, 0.717) is 19.3 Å². The number of carbonyl (C=O) groups excluding carboxylic acids is 2. The first kappa shape index (κ1) is 25.1. The Balaban J connectivity index is 1.91. The molecule has 0 aliphatic carbocycles. The van der Waals surface area contributed by atoms with Crippen molar-refractivity contribution in [1.82, 2.24) is 10.3 Å². The Morgan fingerprint density at radius 1 is 1.16 bits per heavy atom. The summed E-state index contributed by atoms with van der Waals surface area (Å²) in [6.45, 7) is 14.0. The normalized spacial score (nSPS) is 32.8. The van der Waals surface area contributed by atoms with Crippen molar-refractivity contribution in [3.63, 3.8) is 0 Å². The highest BCUT2D eigenvalue weighted by Gasteiger charge is 2.68. The number of cyclic esters (lactones) is 1. The van der Waals surface area contributed by atoms with Crippen molar-refractivity contribution < 1.29 is 19.1 Å². The molecule has 32 heavy (non-hydrogen) atoms. The third-order valence-electron chi connectivity index (χ3n) is 7.68. The quantitative estimate of drug-likeness (QED) is 0.500. The van der Waals surface area contributed by atoms with Gasteiger partial charge in [-0.1, -0.05) is 13.8 Å². The van der Waals surface area contributed by atoms with Crippen molar-refractivity contribution in [2.75, 3.05) is 13.1 Å². The van der Waals surface area contributed by atoms with Gasteiger partial charge in [-0.3, -0.25) is 9.59 Å². The second-order valence-electron chi connectivity index (χ2n) is 10.00. The summed E-state index contributed by atoms with van der Waals surface area (Å²) in [5.41, 5.74) is 0.0212. The maximum Gasteiger partial charge on any atom is 0.306 e. The lowest BCUT2D eigenvalue weighted by Gasteiger charge is -2.47. The Morgan fingerprint density at radius 3 is 2.56 bits per heavy atom. The van der Waals surface area contributed by atoms with E-state index in [1.807, 2.05) is 32.2 Å². The number of hydrogen-bond acceptors (Lipinski definition) is 7. The van der Waals surface area contributed by atoms with Crippen molar-refractivity contribution in [2.24, 2.45) is 5.41 Å². The molecule has 1 aromatic rings. The van der Waals surface area contributed by atoms with Gasteiger partial charge in [-0.2, -0.15) is 0 Å². The molecule has 3 unspecified atom stereocenters. The van der Waals surface area contributed by atoms with Gasteiger partial charge in [0.15, 0.2) is 0 Å². The van der Waals surface area contributed by atoms with E-state index in [4.69, 9.17) is 9.47 Å². The third-order valence-corrected chi connectivity index (χ3v) is 8.47. The Kier molecular flexibility index (Phi) is 7.62. The molecule has 3 atom stereocenters. The van der Waals surface area contributed by atoms with Gasteiger partial charge in [0.1, 0.15) is 17.0 Å². The fourth-order valence-electron chi connectivity index (χ4n) is 4.73. The summed E-state index contributed by atoms with van der Waals surface area (Å²) in [6.07, 6.45) is 5.55. The van der Waals surface area contributed by atoms with Crippen LogP contribution in [0, 0.1) is 12.3 Å². The standard InChI is InChI=1S/C25H38N2O4S/c1-17(15-19-16-32-18(2)27-19)24(5)23(3,4)25(6)21(30-25)12-14-26-13-8-10-20(28)9-7-11-22(29)31-24/h15-16,21,26H,7-14H2,1-6H3. The number of aryl methyl sites for hydroxylation is 1. The van der Waals surface area contributed by atoms with Crippen LogP contribution in [0.4, 0.5) is 0 Å². The summed E-state index contributed by atoms with van der Waals surface area (Å²) in [5.74, 6) is -0.0620. The van der Waals surface area contributed by atoms with Gasteiger partial charge in [0.05, 0.1) is 16.8 Å². The van der Waals surface area contributed by atoms with Gasteiger partial charge in [-0.15, -0.1) is 11.3 Å². The largest absolute Gasteiger partial charge is 0.454 e. The van der Waals surface area contributed by atoms with Crippen molar-refractivity contribution >= 4 is 29.2 Å². The van der Waals surface area contributed by atoms with Crippen molar-refractivity contribution in [3.8, 4) is 0 Å². The number of aromatic nitrogens is 1. The molecule has 0 spiro atoms. The number of hydrogen-bond donors (Lipinski definition) is 1. The molecule has 3 heterocycles. The number of epoxide rings is 1. The Labute approximate surface area is 196 Å². The maximum absolute atomic E-state index is 12.9. The first-order valence-corrected chi connectivity index (χ1v) is 12.6. The molecule has 0 aromatic carbocycles. The van der Waals surface area contributed by atoms with Gasteiger partial charge >= 0.3 is 5.97 Å². The van der Waals surface area contributed by atoms with Crippen LogP contribution in [0.1, 0.15) is 83.8 Å². The third kappa shape index (κ3) is 5.15. The summed E-state index contributed by atoms with van der Waals surface area (Å²) in [7, 11) is 0. The van der Waals surface area contributed by atoms with Crippen LogP contribution < -0.4 is 5.32 Å². The second-order valence-corrected chi connectivity index (χ2v) is 11.1. The molecule has 1 N–H and O–H groups in total. The lowest BCUT2D eigenvalue weighted by molar-refractivity contribution is -0.170. The predicted molar refractivity (Wildman–Crippen MR) is 128 cm³/mol. The van der Waals surface area contributed by atoms with Gasteiger partial charge in [0.2, 0.25) is 0 Å². The minimum atomic E-state index is -0.889. The Hall–Kier alpha value is -1.57. The molecule has 2 saturated heterocycles. The Bertz CT molecular complexity index is 877. The monoisotopic (exact) mass is 462 g/mol. The van der Waals surface area contributed by atoms with Gasteiger partial charge in [-0.05, 0) is 71.7 Å². The van der Waals surface area contributed by atoms with Crippen LogP contribution in [0.15, 0.2) is 11.0 Å². The number of nitrogens with zero attached hydrogens (tertiary/aromatic N) is 1. The van der Waals surface area contributed by atoms with Gasteiger partial charge in [0, 0.05) is 30.1 Å². The number of carbonyl (C=O) groups is 2. The highest BCUT2D eigenvalue weighted by atomic mass is 32.1. The molecule has 178 valence electrons. The number of ketones is 1. The van der Waals surface area contributed by atoms with Crippen LogP contribution in [-0.4, -0.2) is 47.1 Å². The average molecular weight is 463 g/mol. The van der Waals surface area contributed by atoms with E-state index >= 15 is 0 Å². The fourth-order valence-corrected chi connectivity index (χ4v) is 5.30. The molecule has 7 heteroatoms. The highest BCUT2D eigenvalue weighted by molar-refractivity contribution is 7.09. The smallest absolute Gasteiger partial charge is 0.306 e. The van der Waals surface area contributed by atoms with E-state index in [2.05, 4.69) is 31.1 Å². The molecule has 0 bridgehead atoms. The van der Waals surface area contributed by atoms with Gasteiger partial charge in [0.25, 0.3) is 0 Å². The van der Waals surface area contributed by atoms with Crippen LogP contribution in [-0.2, 0) is 19.1 Å². The van der Waals surface area contributed by atoms with Crippen molar-refractivity contribution in [2.45, 2.75) is 97.4 Å². The highest BCUT2D eigenvalue weighted by Crippen LogP contribution is 2.59. The maximum atomic E-state index is 12.9. The first-order chi connectivity index (χ1) is 15.0. The molecule has 6 nitrogen and oxygen atoms in total. The van der Waals surface area contributed by atoms with E-state index in [1.165, 1.54) is 0 Å². The lowest BCUT2D eigenvalue weighted by Crippen LogP contribution is -2.54. The molecule has 0 radical (unpaired) electrons. The summed E-state index contributed by atoms with van der Waals surface area (Å²) >= 11 is 1.60. The summed E-state index contributed by atoms with van der Waals surface area (Å²) in [4.78, 5) is 29.6. The van der Waals surface area contributed by atoms with Crippen LogP contribution in [0.5, 0.6) is 0 Å². The number of fused-ring (bicyclic) bond motifs is 1. The van der Waals surface area contributed by atoms with E-state index in [9.17, 15) is 9.59 Å². The van der Waals surface area contributed by atoms with Crippen molar-refractivity contribution in [1.29, 1.82) is 0 Å². The first-order valence-electron chi connectivity index (χ1n) is 11.7. The number of thiazole rings is 1. The van der Waals surface area contributed by atoms with Gasteiger partial charge < -0.3 is 14.8 Å². The van der Waals surface area contributed by atoms with Crippen LogP contribution in [0.3, 0.4) is 0 Å². The zero-order valence-electron chi connectivity index (χ0n) is 20.4. The summed E-state index contributed by atoms with van der Waals surface area (Å²) in [5, 5.41) is 6.45. The van der Waals surface area contributed by atoms with Crippen molar-refractivity contribution in [3.05, 3.63) is 21.7 Å². The van der Waals surface area contributed by atoms with Crippen LogP contribution >= 0.6 is 11.3 Å². The number of Topliss-reactive ketones (excluding diaryl/α,β-unsaturated/α-hetero) is 1. The lowest BCUT2D eigenvalue weighted by atomic mass is 9.63. The number of esters is 1. The molecule has 0 saturated carbocycles. The number of nitrogens with one attached hydrogen (secondary N) is 1. The molecule has 2 aliphatic heterocycles. The minimum Gasteiger partial charge on any atom is -0.454 e. The van der Waals surface area contributed by atoms with E-state index in [0.717, 1.165) is 42.2 Å². The molecule has 0 amide bonds. The van der Waals surface area contributed by atoms with Crippen LogP contribution in [0.2, 0.25) is 0 Å². The molecule has 1 aromatic heterocycles.